The van der Waals surface area contributed by atoms with Crippen molar-refractivity contribution in [3.8, 4) is 44.8 Å². The van der Waals surface area contributed by atoms with Gasteiger partial charge in [-0.3, -0.25) is 0 Å². The molecule has 450 valence electrons. The van der Waals surface area contributed by atoms with E-state index in [9.17, 15) is 0 Å². The number of benzene rings is 15. The van der Waals surface area contributed by atoms with Crippen LogP contribution in [0.2, 0.25) is 0 Å². The molecule has 2 aliphatic rings. The monoisotopic (exact) mass is 1210 g/mol. The molecule has 15 aromatic carbocycles. The fourth-order valence-corrected chi connectivity index (χ4v) is 16.3. The Morgan fingerprint density at radius 3 is 1.19 bits per heavy atom. The SMILES string of the molecule is CC(C)(C)c1cc2ccc3cc(C(C)(C)C)cc4c(-c5ccc6c(c5)B5c7ccc(-n8c9ccccc9c9ccccc98)cc7N(c7ccc(-c8ccccc8)cc7)c7cc(-n8c9ccccc9c9ccccc98)cc(c75)N6c5ccc(-c6ccccc6)cc5)cc(c1)c2c34. The first-order chi connectivity index (χ1) is 46.4. The van der Waals surface area contributed by atoms with Gasteiger partial charge in [-0.05, 0) is 195 Å². The Balaban J connectivity index is 0.940. The van der Waals surface area contributed by atoms with Crippen molar-refractivity contribution in [3.05, 3.63) is 308 Å². The number of hydrogen-bond acceptors (Lipinski definition) is 2. The molecule has 2 aromatic heterocycles. The molecule has 4 nitrogen and oxygen atoms in total. The predicted molar refractivity (Wildman–Crippen MR) is 407 cm³/mol. The van der Waals surface area contributed by atoms with Crippen LogP contribution in [0.4, 0.5) is 34.1 Å². The highest BCUT2D eigenvalue weighted by Gasteiger charge is 2.45. The molecular weight excluding hydrogens is 1150 g/mol. The van der Waals surface area contributed by atoms with Gasteiger partial charge in [0.2, 0.25) is 0 Å². The topological polar surface area (TPSA) is 16.3 Å². The number of para-hydroxylation sites is 4. The van der Waals surface area contributed by atoms with Crippen LogP contribution in [0.5, 0.6) is 0 Å². The molecule has 0 spiro atoms. The number of hydrogen-bond donors (Lipinski definition) is 0. The normalized spacial score (nSPS) is 13.1. The summed E-state index contributed by atoms with van der Waals surface area (Å²) < 4.78 is 4.99. The summed E-state index contributed by atoms with van der Waals surface area (Å²) >= 11 is 0. The summed E-state index contributed by atoms with van der Waals surface area (Å²) in [4.78, 5) is 5.19. The molecule has 0 unspecified atom stereocenters. The van der Waals surface area contributed by atoms with Crippen LogP contribution in [-0.4, -0.2) is 15.8 Å². The molecule has 95 heavy (non-hydrogen) atoms. The Labute approximate surface area is 554 Å². The van der Waals surface area contributed by atoms with E-state index in [-0.39, 0.29) is 17.5 Å². The minimum absolute atomic E-state index is 0.0429. The fourth-order valence-electron chi connectivity index (χ4n) is 16.3. The molecule has 0 saturated carbocycles. The van der Waals surface area contributed by atoms with Crippen LogP contribution in [0, 0.1) is 0 Å². The molecule has 0 N–H and O–H groups in total. The van der Waals surface area contributed by atoms with Crippen LogP contribution in [0.15, 0.2) is 297 Å². The molecule has 5 heteroatoms. The minimum atomic E-state index is -0.197. The third-order valence-electron chi connectivity index (χ3n) is 20.9. The van der Waals surface area contributed by atoms with Crippen molar-refractivity contribution in [2.24, 2.45) is 0 Å². The number of anilines is 6. The summed E-state index contributed by atoms with van der Waals surface area (Å²) in [5.74, 6) is 0. The summed E-state index contributed by atoms with van der Waals surface area (Å²) in [6.07, 6.45) is 0. The van der Waals surface area contributed by atoms with Crippen molar-refractivity contribution < 1.29 is 0 Å². The van der Waals surface area contributed by atoms with Crippen molar-refractivity contribution in [2.75, 3.05) is 9.80 Å². The van der Waals surface area contributed by atoms with E-state index in [0.717, 1.165) is 56.5 Å². The standard InChI is InChI=1S/C90H67BN4/c1-89(2,3)64-47-61-33-34-62-48-65(90(4,5)6)52-75-74(50-63(49-64)86(61)87(62)75)60-39-46-82-77(51-60)91-76-45-44-68(94-78-29-17-13-25-70(78)71-26-14-18-30-79(71)94)53-83(76)93(67-42-37-59(38-43-67)57-23-11-8-12-24-57)85-55-69(95-80-31-19-15-27-72(80)73-28-16-20-32-81(73)95)54-84(88(85)91)92(82)66-40-35-58(36-41-66)56-21-9-7-10-22-56/h7-55H,1-6H3. The van der Waals surface area contributed by atoms with Gasteiger partial charge in [0, 0.05) is 61.4 Å². The van der Waals surface area contributed by atoms with Crippen LogP contribution in [0.3, 0.4) is 0 Å². The first-order valence-electron chi connectivity index (χ1n) is 33.5. The third kappa shape index (κ3) is 8.48. The van der Waals surface area contributed by atoms with Crippen molar-refractivity contribution in [1.29, 1.82) is 0 Å². The van der Waals surface area contributed by atoms with Gasteiger partial charge < -0.3 is 18.9 Å². The fraction of sp³-hybridized carbons (Fsp3) is 0.0889. The lowest BCUT2D eigenvalue weighted by Gasteiger charge is -2.44. The summed E-state index contributed by atoms with van der Waals surface area (Å²) in [5, 5.41) is 12.8. The molecule has 0 fully saturated rings. The van der Waals surface area contributed by atoms with Crippen LogP contribution in [0.1, 0.15) is 52.7 Å². The van der Waals surface area contributed by atoms with E-state index in [1.807, 2.05) is 0 Å². The molecule has 4 heterocycles. The largest absolute Gasteiger partial charge is 0.311 e. The molecule has 0 aliphatic carbocycles. The van der Waals surface area contributed by atoms with Gasteiger partial charge in [-0.25, -0.2) is 0 Å². The zero-order valence-electron chi connectivity index (χ0n) is 54.2. The van der Waals surface area contributed by atoms with Gasteiger partial charge >= 0.3 is 0 Å². The van der Waals surface area contributed by atoms with Crippen LogP contribution < -0.4 is 26.2 Å². The molecule has 19 rings (SSSR count). The highest BCUT2D eigenvalue weighted by molar-refractivity contribution is 7.00. The van der Waals surface area contributed by atoms with E-state index in [0.29, 0.717) is 0 Å². The maximum absolute atomic E-state index is 2.60. The van der Waals surface area contributed by atoms with Gasteiger partial charge in [0.15, 0.2) is 0 Å². The zero-order valence-corrected chi connectivity index (χ0v) is 54.2. The molecule has 0 bridgehead atoms. The van der Waals surface area contributed by atoms with Crippen LogP contribution in [0.25, 0.3) is 121 Å². The Kier molecular flexibility index (Phi) is 12.0. The molecule has 0 atom stereocenters. The van der Waals surface area contributed by atoms with Crippen molar-refractivity contribution in [3.63, 3.8) is 0 Å². The van der Waals surface area contributed by atoms with E-state index in [1.54, 1.807) is 0 Å². The smallest absolute Gasteiger partial charge is 0.252 e. The number of rotatable bonds is 7. The molecule has 0 amide bonds. The highest BCUT2D eigenvalue weighted by Crippen LogP contribution is 2.50. The van der Waals surface area contributed by atoms with Gasteiger partial charge in [-0.2, -0.15) is 0 Å². The van der Waals surface area contributed by atoms with Gasteiger partial charge in [0.1, 0.15) is 0 Å². The van der Waals surface area contributed by atoms with E-state index in [2.05, 4.69) is 358 Å². The van der Waals surface area contributed by atoms with Crippen molar-refractivity contribution in [1.82, 2.24) is 9.13 Å². The molecule has 2 aliphatic heterocycles. The Morgan fingerprint density at radius 2 is 0.674 bits per heavy atom. The van der Waals surface area contributed by atoms with Crippen molar-refractivity contribution in [2.45, 2.75) is 52.4 Å². The second kappa shape index (κ2) is 20.6. The van der Waals surface area contributed by atoms with E-state index in [1.165, 1.54) is 126 Å². The van der Waals surface area contributed by atoms with E-state index < -0.39 is 0 Å². The number of nitrogens with zero attached hydrogens (tertiary/aromatic N) is 4. The Bertz CT molecular complexity index is 5880. The van der Waals surface area contributed by atoms with Gasteiger partial charge in [-0.15, -0.1) is 0 Å². The second-order valence-electron chi connectivity index (χ2n) is 28.5. The summed E-state index contributed by atoms with van der Waals surface area (Å²) in [6, 6.07) is 113. The number of aromatic nitrogens is 2. The Hall–Kier alpha value is -11.4. The predicted octanol–water partition coefficient (Wildman–Crippen LogP) is 22.5. The first kappa shape index (κ1) is 55.3. The lowest BCUT2D eigenvalue weighted by atomic mass is 9.33. The lowest BCUT2D eigenvalue weighted by molar-refractivity contribution is 0.591. The summed E-state index contributed by atoms with van der Waals surface area (Å²) in [6.45, 7) is 13.9. The van der Waals surface area contributed by atoms with Crippen molar-refractivity contribution >= 4 is 133 Å². The van der Waals surface area contributed by atoms with E-state index >= 15 is 0 Å². The maximum atomic E-state index is 2.60. The minimum Gasteiger partial charge on any atom is -0.311 e. The van der Waals surface area contributed by atoms with E-state index in [4.69, 9.17) is 0 Å². The molecular formula is C90H67BN4. The Morgan fingerprint density at radius 1 is 0.263 bits per heavy atom. The quantitative estimate of drug-likeness (QED) is 0.117. The van der Waals surface area contributed by atoms with Crippen LogP contribution in [-0.2, 0) is 10.8 Å². The second-order valence-corrected chi connectivity index (χ2v) is 28.5. The highest BCUT2D eigenvalue weighted by atomic mass is 15.2. The van der Waals surface area contributed by atoms with Gasteiger partial charge in [-0.1, -0.05) is 248 Å². The van der Waals surface area contributed by atoms with Gasteiger partial charge in [0.05, 0.1) is 27.8 Å². The molecule has 0 saturated heterocycles. The summed E-state index contributed by atoms with van der Waals surface area (Å²) in [5.41, 5.74) is 27.1. The molecule has 0 radical (unpaired) electrons. The number of fused-ring (bicyclic) bond motifs is 10. The summed E-state index contributed by atoms with van der Waals surface area (Å²) in [7, 11) is 0. The first-order valence-corrected chi connectivity index (χ1v) is 33.5. The zero-order chi connectivity index (χ0) is 63.6. The molecule has 17 aromatic rings. The third-order valence-corrected chi connectivity index (χ3v) is 20.9. The average molecular weight is 1220 g/mol. The van der Waals surface area contributed by atoms with Crippen LogP contribution >= 0.6 is 0 Å². The average Bonchev–Trinajstić information content (AvgIpc) is 0.839. The van der Waals surface area contributed by atoms with Gasteiger partial charge in [0.25, 0.3) is 6.71 Å². The lowest BCUT2D eigenvalue weighted by Crippen LogP contribution is -2.61. The maximum Gasteiger partial charge on any atom is 0.252 e.